The molecule has 2 heterocycles. The van der Waals surface area contributed by atoms with Gasteiger partial charge in [-0.25, -0.2) is 19.2 Å². The van der Waals surface area contributed by atoms with Crippen molar-refractivity contribution in [3.63, 3.8) is 0 Å². The fourth-order valence-corrected chi connectivity index (χ4v) is 5.82. The summed E-state index contributed by atoms with van der Waals surface area (Å²) in [5, 5.41) is 4.17. The van der Waals surface area contributed by atoms with Gasteiger partial charge >= 0.3 is 23.9 Å². The quantitative estimate of drug-likeness (QED) is 0.103. The van der Waals surface area contributed by atoms with Gasteiger partial charge in [0.15, 0.2) is 24.4 Å². The number of carbonyl (C=O) groups is 4. The lowest BCUT2D eigenvalue weighted by Crippen LogP contribution is -2.60. The topological polar surface area (TPSA) is 153 Å². The molecule has 1 aliphatic heterocycles. The van der Waals surface area contributed by atoms with Crippen LogP contribution in [0.2, 0.25) is 0 Å². The van der Waals surface area contributed by atoms with Crippen LogP contribution >= 0.6 is 0 Å². The lowest BCUT2D eigenvalue weighted by Gasteiger charge is -2.43. The van der Waals surface area contributed by atoms with Gasteiger partial charge in [-0.3, -0.25) is 0 Å². The summed E-state index contributed by atoms with van der Waals surface area (Å²) in [6.45, 7) is -0.487. The Bertz CT molecular complexity index is 2180. The van der Waals surface area contributed by atoms with Crippen LogP contribution in [0.5, 0.6) is 0 Å². The summed E-state index contributed by atoms with van der Waals surface area (Å²) in [6.07, 6.45) is -7.29. The van der Waals surface area contributed by atoms with E-state index >= 15 is 0 Å². The van der Waals surface area contributed by atoms with E-state index in [1.807, 2.05) is 6.07 Å². The molecule has 54 heavy (non-hydrogen) atoms. The number of aromatic nitrogens is 2. The Hall–Kier alpha value is -6.92. The standard InChI is InChI=1S/C42H32N2O10/c45-39(28-18-8-2-9-19-28)49-26-32-33(51-40(46)29-20-10-3-11-21-29)34(52-41(47)30-22-12-4-13-23-30)35(53-42(48)31-24-14-5-15-25-31)36(50-32)37-43-38(54-44-37)27-16-6-1-7-17-27/h1-25,32-36H,26H2/t32-,33-,34+,35-,36-/m1/s1. The first-order chi connectivity index (χ1) is 26.4. The van der Waals surface area contributed by atoms with Gasteiger partial charge in [-0.2, -0.15) is 4.98 Å². The van der Waals surface area contributed by atoms with Gasteiger partial charge in [0.1, 0.15) is 12.7 Å². The minimum Gasteiger partial charge on any atom is -0.459 e. The van der Waals surface area contributed by atoms with Crippen LogP contribution in [0.25, 0.3) is 11.5 Å². The average molecular weight is 725 g/mol. The number of carbonyl (C=O) groups excluding carboxylic acids is 4. The molecule has 0 saturated carbocycles. The van der Waals surface area contributed by atoms with Gasteiger partial charge in [-0.15, -0.1) is 0 Å². The molecule has 1 saturated heterocycles. The summed E-state index contributed by atoms with van der Waals surface area (Å²) in [5.74, 6) is -3.06. The summed E-state index contributed by atoms with van der Waals surface area (Å²) in [6, 6.07) is 41.6. The van der Waals surface area contributed by atoms with Crippen molar-refractivity contribution in [1.82, 2.24) is 10.1 Å². The van der Waals surface area contributed by atoms with Gasteiger partial charge in [0, 0.05) is 5.56 Å². The van der Waals surface area contributed by atoms with E-state index in [9.17, 15) is 19.2 Å². The molecule has 5 atom stereocenters. The van der Waals surface area contributed by atoms with E-state index in [1.165, 1.54) is 0 Å². The maximum atomic E-state index is 13.8. The summed E-state index contributed by atoms with van der Waals surface area (Å²) >= 11 is 0. The first-order valence-corrected chi connectivity index (χ1v) is 17.0. The molecular formula is C42H32N2O10. The summed E-state index contributed by atoms with van der Waals surface area (Å²) in [7, 11) is 0. The summed E-state index contributed by atoms with van der Waals surface area (Å²) in [5.41, 5.74) is 1.38. The molecule has 1 aromatic heterocycles. The van der Waals surface area contributed by atoms with Crippen molar-refractivity contribution in [2.24, 2.45) is 0 Å². The Morgan fingerprint density at radius 2 is 0.907 bits per heavy atom. The molecule has 0 aliphatic carbocycles. The second kappa shape index (κ2) is 16.6. The SMILES string of the molecule is O=C(OC[C@H]1O[C@@H](c2noc(-c3ccccc3)n2)[C@H](OC(=O)c2ccccc2)[C@@H](OC(=O)c2ccccc2)[C@@H]1OC(=O)c1ccccc1)c1ccccc1. The van der Waals surface area contributed by atoms with Crippen molar-refractivity contribution < 1.29 is 47.4 Å². The third-order valence-corrected chi connectivity index (χ3v) is 8.50. The molecule has 6 aromatic rings. The molecule has 7 rings (SSSR count). The number of ether oxygens (including phenoxy) is 5. The van der Waals surface area contributed by atoms with Crippen molar-refractivity contribution in [3.05, 3.63) is 180 Å². The smallest absolute Gasteiger partial charge is 0.338 e. The van der Waals surface area contributed by atoms with Crippen LogP contribution < -0.4 is 0 Å². The molecule has 0 amide bonds. The van der Waals surface area contributed by atoms with Crippen molar-refractivity contribution in [1.29, 1.82) is 0 Å². The number of hydrogen-bond donors (Lipinski definition) is 0. The lowest BCUT2D eigenvalue weighted by atomic mass is 9.93. The largest absolute Gasteiger partial charge is 0.459 e. The second-order valence-corrected chi connectivity index (χ2v) is 12.1. The van der Waals surface area contributed by atoms with E-state index in [-0.39, 0.29) is 34.0 Å². The highest BCUT2D eigenvalue weighted by molar-refractivity contribution is 5.91. The van der Waals surface area contributed by atoms with E-state index < -0.39 is 61.0 Å². The molecular weight excluding hydrogens is 692 g/mol. The van der Waals surface area contributed by atoms with E-state index in [0.717, 1.165) is 0 Å². The monoisotopic (exact) mass is 724 g/mol. The van der Waals surface area contributed by atoms with E-state index in [4.69, 9.17) is 28.2 Å². The Morgan fingerprint density at radius 1 is 0.500 bits per heavy atom. The van der Waals surface area contributed by atoms with Crippen LogP contribution in [0.1, 0.15) is 53.4 Å². The molecule has 0 bridgehead atoms. The van der Waals surface area contributed by atoms with E-state index in [2.05, 4.69) is 10.1 Å². The van der Waals surface area contributed by atoms with E-state index in [1.54, 1.807) is 146 Å². The fraction of sp³-hybridized carbons (Fsp3) is 0.143. The third kappa shape index (κ3) is 8.24. The van der Waals surface area contributed by atoms with Gasteiger partial charge in [0.25, 0.3) is 5.89 Å². The zero-order valence-electron chi connectivity index (χ0n) is 28.5. The Kier molecular flexibility index (Phi) is 10.9. The highest BCUT2D eigenvalue weighted by Crippen LogP contribution is 2.38. The zero-order chi connectivity index (χ0) is 37.3. The Morgan fingerprint density at radius 3 is 1.39 bits per heavy atom. The number of hydrogen-bond acceptors (Lipinski definition) is 12. The number of nitrogens with zero attached hydrogens (tertiary/aromatic N) is 2. The van der Waals surface area contributed by atoms with E-state index in [0.29, 0.717) is 5.56 Å². The fourth-order valence-electron chi connectivity index (χ4n) is 5.82. The Balaban J connectivity index is 1.32. The highest BCUT2D eigenvalue weighted by atomic mass is 16.7. The summed E-state index contributed by atoms with van der Waals surface area (Å²) < 4.78 is 36.1. The molecule has 270 valence electrons. The molecule has 1 aliphatic rings. The van der Waals surface area contributed by atoms with Crippen LogP contribution in [0, 0.1) is 0 Å². The molecule has 0 spiro atoms. The van der Waals surface area contributed by atoms with Gasteiger partial charge in [0.2, 0.25) is 5.82 Å². The average Bonchev–Trinajstić information content (AvgIpc) is 3.73. The maximum Gasteiger partial charge on any atom is 0.338 e. The minimum absolute atomic E-state index is 0.0762. The van der Waals surface area contributed by atoms with Crippen molar-refractivity contribution >= 4 is 23.9 Å². The zero-order valence-corrected chi connectivity index (χ0v) is 28.5. The molecule has 12 nitrogen and oxygen atoms in total. The van der Waals surface area contributed by atoms with Crippen LogP contribution in [0.4, 0.5) is 0 Å². The third-order valence-electron chi connectivity index (χ3n) is 8.50. The van der Waals surface area contributed by atoms with Gasteiger partial charge in [0.05, 0.1) is 22.3 Å². The molecule has 0 radical (unpaired) electrons. The number of benzene rings is 5. The number of esters is 4. The molecule has 5 aromatic carbocycles. The van der Waals surface area contributed by atoms with Crippen LogP contribution in [0.15, 0.2) is 156 Å². The van der Waals surface area contributed by atoms with Gasteiger partial charge < -0.3 is 28.2 Å². The van der Waals surface area contributed by atoms with Crippen molar-refractivity contribution in [2.75, 3.05) is 6.61 Å². The summed E-state index contributed by atoms with van der Waals surface area (Å²) in [4.78, 5) is 59.0. The van der Waals surface area contributed by atoms with Gasteiger partial charge in [-0.1, -0.05) is 96.2 Å². The first-order valence-electron chi connectivity index (χ1n) is 17.0. The highest BCUT2D eigenvalue weighted by Gasteiger charge is 2.55. The second-order valence-electron chi connectivity index (χ2n) is 12.1. The van der Waals surface area contributed by atoms with Gasteiger partial charge in [-0.05, 0) is 60.7 Å². The van der Waals surface area contributed by atoms with Crippen LogP contribution in [0.3, 0.4) is 0 Å². The molecule has 1 fully saturated rings. The minimum atomic E-state index is -1.56. The molecule has 0 N–H and O–H groups in total. The number of rotatable bonds is 11. The first kappa shape index (κ1) is 35.5. The van der Waals surface area contributed by atoms with Crippen molar-refractivity contribution in [2.45, 2.75) is 30.5 Å². The predicted octanol–water partition coefficient (Wildman–Crippen LogP) is 6.71. The Labute approximate surface area is 309 Å². The normalized spacial score (nSPS) is 19.2. The molecule has 0 unspecified atom stereocenters. The van der Waals surface area contributed by atoms with Crippen molar-refractivity contribution in [3.8, 4) is 11.5 Å². The maximum absolute atomic E-state index is 13.8. The lowest BCUT2D eigenvalue weighted by molar-refractivity contribution is -0.233. The van der Waals surface area contributed by atoms with Crippen LogP contribution in [-0.2, 0) is 23.7 Å². The molecule has 12 heteroatoms. The van der Waals surface area contributed by atoms with Crippen LogP contribution in [-0.4, -0.2) is 65.0 Å². The predicted molar refractivity (Wildman–Crippen MR) is 191 cm³/mol.